The second-order valence-corrected chi connectivity index (χ2v) is 6.35. The summed E-state index contributed by atoms with van der Waals surface area (Å²) < 4.78 is 16.0. The summed E-state index contributed by atoms with van der Waals surface area (Å²) in [5.74, 6) is 1.62. The molecule has 1 aromatic carbocycles. The van der Waals surface area contributed by atoms with Gasteiger partial charge in [-0.05, 0) is 19.1 Å². The third kappa shape index (κ3) is 7.79. The normalized spacial score (nSPS) is 15.7. The van der Waals surface area contributed by atoms with Gasteiger partial charge in [0.15, 0.2) is 5.96 Å². The molecule has 1 aliphatic heterocycles. The molecule has 6 nitrogen and oxygen atoms in total. The Kier molecular flexibility index (Phi) is 10.1. The van der Waals surface area contributed by atoms with E-state index in [2.05, 4.69) is 29.5 Å². The largest absolute Gasteiger partial charge is 0.493 e. The monoisotopic (exact) mass is 463 g/mol. The van der Waals surface area contributed by atoms with E-state index in [4.69, 9.17) is 14.2 Å². The fraction of sp³-hybridized carbons (Fsp3) is 0.611. The van der Waals surface area contributed by atoms with E-state index in [0.29, 0.717) is 13.2 Å². The Bertz CT molecular complexity index is 536. The smallest absolute Gasteiger partial charge is 0.195 e. The van der Waals surface area contributed by atoms with Crippen LogP contribution in [0.3, 0.4) is 0 Å². The first kappa shape index (κ1) is 22.0. The molecule has 7 heteroatoms. The van der Waals surface area contributed by atoms with Crippen molar-refractivity contribution in [2.45, 2.75) is 20.3 Å². The van der Waals surface area contributed by atoms with E-state index in [0.717, 1.165) is 50.1 Å². The summed E-state index contributed by atoms with van der Waals surface area (Å²) in [6, 6.07) is 7.91. The molecular formula is C18H30IN3O3. The van der Waals surface area contributed by atoms with Crippen molar-refractivity contribution in [3.05, 3.63) is 24.3 Å². The maximum atomic E-state index is 5.73. The van der Waals surface area contributed by atoms with Crippen molar-refractivity contribution >= 4 is 35.6 Å². The molecule has 1 aliphatic rings. The summed E-state index contributed by atoms with van der Waals surface area (Å²) in [6.45, 7) is 8.71. The Morgan fingerprint density at radius 1 is 1.32 bits per heavy atom. The van der Waals surface area contributed by atoms with E-state index in [1.54, 1.807) is 7.11 Å². The number of nitrogens with one attached hydrogen (secondary N) is 2. The second-order valence-electron chi connectivity index (χ2n) is 6.35. The number of nitrogens with zero attached hydrogens (tertiary/aromatic N) is 1. The number of benzene rings is 1. The number of ether oxygens (including phenoxy) is 3. The van der Waals surface area contributed by atoms with Crippen molar-refractivity contribution in [3.8, 4) is 5.75 Å². The minimum Gasteiger partial charge on any atom is -0.493 e. The van der Waals surface area contributed by atoms with Gasteiger partial charge in [0, 0.05) is 43.9 Å². The standard InChI is InChI=1S/C18H29N3O3.HI/c1-4-19-17(20-12-18(2)13-23-14-18)21-15-7-5-8-16(11-15)24-10-6-9-22-3;/h5,7-8,11H,4,6,9-10,12-14H2,1-3H3,(H2,19,20,21);1H. The van der Waals surface area contributed by atoms with E-state index in [1.807, 2.05) is 24.3 Å². The number of rotatable bonds is 9. The van der Waals surface area contributed by atoms with Crippen LogP contribution in [0.5, 0.6) is 5.75 Å². The molecule has 0 aliphatic carbocycles. The van der Waals surface area contributed by atoms with Crippen LogP contribution in [0.15, 0.2) is 29.3 Å². The number of hydrogen-bond donors (Lipinski definition) is 2. The lowest BCUT2D eigenvalue weighted by Crippen LogP contribution is -2.43. The van der Waals surface area contributed by atoms with Crippen molar-refractivity contribution < 1.29 is 14.2 Å². The number of halogens is 1. The number of hydrogen-bond acceptors (Lipinski definition) is 4. The van der Waals surface area contributed by atoms with Crippen molar-refractivity contribution in [1.29, 1.82) is 0 Å². The maximum absolute atomic E-state index is 5.73. The molecule has 1 aromatic rings. The molecule has 1 saturated heterocycles. The predicted molar refractivity (Wildman–Crippen MR) is 112 cm³/mol. The maximum Gasteiger partial charge on any atom is 0.195 e. The highest BCUT2D eigenvalue weighted by Crippen LogP contribution is 2.26. The zero-order valence-electron chi connectivity index (χ0n) is 15.3. The molecule has 142 valence electrons. The fourth-order valence-corrected chi connectivity index (χ4v) is 2.31. The van der Waals surface area contributed by atoms with E-state index >= 15 is 0 Å². The van der Waals surface area contributed by atoms with E-state index in [9.17, 15) is 0 Å². The molecule has 0 saturated carbocycles. The second kappa shape index (κ2) is 11.5. The summed E-state index contributed by atoms with van der Waals surface area (Å²) in [6.07, 6.45) is 0.874. The lowest BCUT2D eigenvalue weighted by Gasteiger charge is -2.36. The molecule has 1 fully saturated rings. The van der Waals surface area contributed by atoms with Gasteiger partial charge in [-0.2, -0.15) is 0 Å². The first-order valence-corrected chi connectivity index (χ1v) is 8.50. The minimum absolute atomic E-state index is 0. The highest BCUT2D eigenvalue weighted by Gasteiger charge is 2.33. The summed E-state index contributed by atoms with van der Waals surface area (Å²) >= 11 is 0. The molecular weight excluding hydrogens is 433 g/mol. The topological polar surface area (TPSA) is 64.1 Å². The molecule has 0 radical (unpaired) electrons. The highest BCUT2D eigenvalue weighted by molar-refractivity contribution is 14.0. The Morgan fingerprint density at radius 2 is 2.12 bits per heavy atom. The van der Waals surface area contributed by atoms with Crippen LogP contribution >= 0.6 is 24.0 Å². The van der Waals surface area contributed by atoms with E-state index in [1.165, 1.54) is 0 Å². The van der Waals surface area contributed by atoms with Gasteiger partial charge >= 0.3 is 0 Å². The zero-order valence-corrected chi connectivity index (χ0v) is 17.7. The van der Waals surface area contributed by atoms with Gasteiger partial charge in [-0.25, -0.2) is 0 Å². The summed E-state index contributed by atoms with van der Waals surface area (Å²) in [4.78, 5) is 4.68. The summed E-state index contributed by atoms with van der Waals surface area (Å²) in [5, 5.41) is 6.61. The Hall–Kier alpha value is -1.06. The molecule has 0 bridgehead atoms. The van der Waals surface area contributed by atoms with Gasteiger partial charge in [0.05, 0.1) is 26.4 Å². The fourth-order valence-electron chi connectivity index (χ4n) is 2.31. The van der Waals surface area contributed by atoms with Crippen LogP contribution in [-0.4, -0.2) is 52.6 Å². The average molecular weight is 463 g/mol. The Morgan fingerprint density at radius 3 is 2.76 bits per heavy atom. The Labute approximate surface area is 167 Å². The average Bonchev–Trinajstić information content (AvgIpc) is 2.55. The van der Waals surface area contributed by atoms with Crippen LogP contribution in [0.4, 0.5) is 5.69 Å². The SMILES string of the molecule is CCNC(=NCC1(C)COC1)Nc1cccc(OCCCOC)c1.I. The van der Waals surface area contributed by atoms with Crippen LogP contribution in [0.2, 0.25) is 0 Å². The molecule has 2 N–H and O–H groups in total. The predicted octanol–water partition coefficient (Wildman–Crippen LogP) is 3.13. The third-order valence-corrected chi connectivity index (χ3v) is 3.72. The van der Waals surface area contributed by atoms with E-state index < -0.39 is 0 Å². The minimum atomic E-state index is 0. The Balaban J connectivity index is 0.00000312. The summed E-state index contributed by atoms with van der Waals surface area (Å²) in [7, 11) is 1.70. The highest BCUT2D eigenvalue weighted by atomic mass is 127. The molecule has 0 amide bonds. The zero-order chi connectivity index (χ0) is 17.3. The first-order valence-electron chi connectivity index (χ1n) is 8.50. The molecule has 0 unspecified atom stereocenters. The van der Waals surface area contributed by atoms with Crippen LogP contribution in [0.1, 0.15) is 20.3 Å². The van der Waals surface area contributed by atoms with Gasteiger partial charge in [-0.3, -0.25) is 4.99 Å². The van der Waals surface area contributed by atoms with Crippen molar-refractivity contribution in [2.24, 2.45) is 10.4 Å². The molecule has 25 heavy (non-hydrogen) atoms. The number of guanidine groups is 1. The van der Waals surface area contributed by atoms with Gasteiger partial charge in [0.1, 0.15) is 5.75 Å². The number of aliphatic imine (C=N–C) groups is 1. The van der Waals surface area contributed by atoms with Gasteiger partial charge < -0.3 is 24.8 Å². The summed E-state index contributed by atoms with van der Waals surface area (Å²) in [5.41, 5.74) is 1.11. The number of anilines is 1. The van der Waals surface area contributed by atoms with Gasteiger partial charge in [-0.15, -0.1) is 24.0 Å². The van der Waals surface area contributed by atoms with Crippen molar-refractivity contribution in [1.82, 2.24) is 5.32 Å². The molecule has 1 heterocycles. The van der Waals surface area contributed by atoms with Gasteiger partial charge in [0.2, 0.25) is 0 Å². The molecule has 0 aromatic heterocycles. The van der Waals surface area contributed by atoms with Crippen LogP contribution in [0.25, 0.3) is 0 Å². The third-order valence-electron chi connectivity index (χ3n) is 3.72. The van der Waals surface area contributed by atoms with E-state index in [-0.39, 0.29) is 29.4 Å². The van der Waals surface area contributed by atoms with Crippen LogP contribution < -0.4 is 15.4 Å². The van der Waals surface area contributed by atoms with Crippen molar-refractivity contribution in [2.75, 3.05) is 51.9 Å². The quantitative estimate of drug-likeness (QED) is 0.255. The molecule has 0 atom stereocenters. The van der Waals surface area contributed by atoms with Crippen LogP contribution in [0, 0.1) is 5.41 Å². The van der Waals surface area contributed by atoms with Crippen LogP contribution in [-0.2, 0) is 9.47 Å². The molecule has 2 rings (SSSR count). The lowest BCUT2D eigenvalue weighted by molar-refractivity contribution is -0.0945. The molecule has 0 spiro atoms. The van der Waals surface area contributed by atoms with Crippen molar-refractivity contribution in [3.63, 3.8) is 0 Å². The lowest BCUT2D eigenvalue weighted by atomic mass is 9.89. The first-order chi connectivity index (χ1) is 11.6. The van der Waals surface area contributed by atoms with Gasteiger partial charge in [-0.1, -0.05) is 13.0 Å². The van der Waals surface area contributed by atoms with Gasteiger partial charge in [0.25, 0.3) is 0 Å². The number of methoxy groups -OCH3 is 1.